The molecule has 0 aliphatic rings. The van der Waals surface area contributed by atoms with Gasteiger partial charge in [-0.2, -0.15) is 9.50 Å². The molecule has 0 bridgehead atoms. The summed E-state index contributed by atoms with van der Waals surface area (Å²) in [6.45, 7) is 3.97. The van der Waals surface area contributed by atoms with Crippen molar-refractivity contribution in [2.45, 2.75) is 30.5 Å². The fraction of sp³-hybridized carbons (Fsp3) is 0.200. The quantitative estimate of drug-likeness (QED) is 0.489. The van der Waals surface area contributed by atoms with Gasteiger partial charge in [-0.25, -0.2) is 4.98 Å². The third-order valence-corrected chi connectivity index (χ3v) is 5.27. The Hall–Kier alpha value is -3.33. The second kappa shape index (κ2) is 7.96. The van der Waals surface area contributed by atoms with Crippen molar-refractivity contribution in [3.63, 3.8) is 0 Å². The molecule has 3 aromatic heterocycles. The van der Waals surface area contributed by atoms with Crippen molar-refractivity contribution in [2.75, 3.05) is 5.32 Å². The fourth-order valence-corrected chi connectivity index (χ4v) is 3.59. The first-order chi connectivity index (χ1) is 14.0. The molecule has 29 heavy (non-hydrogen) atoms. The summed E-state index contributed by atoms with van der Waals surface area (Å²) in [7, 11) is 0. The van der Waals surface area contributed by atoms with E-state index in [2.05, 4.69) is 15.3 Å². The van der Waals surface area contributed by atoms with Crippen LogP contribution in [0.5, 0.6) is 0 Å². The van der Waals surface area contributed by atoms with E-state index in [4.69, 9.17) is 4.42 Å². The molecule has 0 fully saturated rings. The zero-order valence-corrected chi connectivity index (χ0v) is 16.7. The molecule has 0 spiro atoms. The highest BCUT2D eigenvalue weighted by molar-refractivity contribution is 7.98. The molecule has 0 saturated heterocycles. The number of amides is 1. The van der Waals surface area contributed by atoms with Crippen LogP contribution in [-0.2, 0) is 5.75 Å². The molecule has 0 saturated carbocycles. The molecule has 4 rings (SSSR count). The minimum absolute atomic E-state index is 0.117. The molecule has 3 heterocycles. The lowest BCUT2D eigenvalue weighted by molar-refractivity contribution is 0.0996. The molecule has 0 unspecified atom stereocenters. The molecule has 0 radical (unpaired) electrons. The van der Waals surface area contributed by atoms with Gasteiger partial charge in [0.05, 0.1) is 12.0 Å². The molecule has 1 amide bonds. The third-order valence-electron chi connectivity index (χ3n) is 4.23. The number of furan rings is 1. The average Bonchev–Trinajstić information content (AvgIpc) is 3.37. The number of carbonyl (C=O) groups excluding carboxylic acids is 1. The van der Waals surface area contributed by atoms with Crippen molar-refractivity contribution >= 4 is 29.1 Å². The predicted octanol–water partition coefficient (Wildman–Crippen LogP) is 3.61. The van der Waals surface area contributed by atoms with Crippen molar-refractivity contribution in [1.29, 1.82) is 0 Å². The first-order valence-corrected chi connectivity index (χ1v) is 10.0. The lowest BCUT2D eigenvalue weighted by atomic mass is 10.3. The number of nitrogens with one attached hydrogen (secondary N) is 1. The summed E-state index contributed by atoms with van der Waals surface area (Å²) in [6, 6.07) is 12.4. The van der Waals surface area contributed by atoms with E-state index < -0.39 is 0 Å². The Kier molecular flexibility index (Phi) is 5.22. The number of hydrogen-bond acceptors (Lipinski definition) is 6. The number of nitrogens with zero attached hydrogens (tertiary/aromatic N) is 4. The van der Waals surface area contributed by atoms with E-state index in [0.29, 0.717) is 22.9 Å². The minimum atomic E-state index is -0.297. The summed E-state index contributed by atoms with van der Waals surface area (Å²) in [5.41, 5.74) is 1.20. The number of fused-ring (bicyclic) bond motifs is 1. The normalized spacial score (nSPS) is 11.3. The smallest absolute Gasteiger partial charge is 0.291 e. The first-order valence-electron chi connectivity index (χ1n) is 9.05. The zero-order chi connectivity index (χ0) is 20.4. The van der Waals surface area contributed by atoms with Crippen molar-refractivity contribution in [3.8, 4) is 0 Å². The van der Waals surface area contributed by atoms with Gasteiger partial charge in [0.1, 0.15) is 6.33 Å². The number of hydrogen-bond donors (Lipinski definition) is 1. The van der Waals surface area contributed by atoms with Gasteiger partial charge in [-0.15, -0.1) is 11.8 Å². The average molecular weight is 409 g/mol. The zero-order valence-electron chi connectivity index (χ0n) is 15.9. The van der Waals surface area contributed by atoms with Gasteiger partial charge in [0, 0.05) is 28.4 Å². The maximum Gasteiger partial charge on any atom is 0.291 e. The van der Waals surface area contributed by atoms with Gasteiger partial charge in [0.2, 0.25) is 0 Å². The molecule has 9 heteroatoms. The van der Waals surface area contributed by atoms with Gasteiger partial charge in [0.15, 0.2) is 5.76 Å². The van der Waals surface area contributed by atoms with Gasteiger partial charge in [-0.3, -0.25) is 14.3 Å². The number of aromatic nitrogens is 4. The van der Waals surface area contributed by atoms with Gasteiger partial charge in [0.25, 0.3) is 17.2 Å². The first kappa shape index (κ1) is 19.0. The molecule has 1 aromatic carbocycles. The number of benzene rings is 1. The summed E-state index contributed by atoms with van der Waals surface area (Å²) in [5.74, 6) is 0.904. The Morgan fingerprint density at radius 3 is 2.72 bits per heavy atom. The van der Waals surface area contributed by atoms with E-state index in [9.17, 15) is 9.59 Å². The van der Waals surface area contributed by atoms with Crippen LogP contribution in [0.4, 0.5) is 5.69 Å². The van der Waals surface area contributed by atoms with E-state index in [1.54, 1.807) is 41.0 Å². The second-order valence-corrected chi connectivity index (χ2v) is 7.71. The van der Waals surface area contributed by atoms with E-state index in [-0.39, 0.29) is 23.3 Å². The Balaban J connectivity index is 1.42. The van der Waals surface area contributed by atoms with E-state index in [0.717, 1.165) is 4.90 Å². The van der Waals surface area contributed by atoms with Gasteiger partial charge in [-0.05, 0) is 50.2 Å². The van der Waals surface area contributed by atoms with Crippen LogP contribution in [0.25, 0.3) is 5.78 Å². The molecular weight excluding hydrogens is 390 g/mol. The second-order valence-electron chi connectivity index (χ2n) is 6.66. The summed E-state index contributed by atoms with van der Waals surface area (Å²) >= 11 is 1.55. The lowest BCUT2D eigenvalue weighted by Gasteiger charge is -2.08. The summed E-state index contributed by atoms with van der Waals surface area (Å²) < 4.78 is 8.32. The largest absolute Gasteiger partial charge is 0.459 e. The molecule has 148 valence electrons. The Labute approximate surface area is 170 Å². The van der Waals surface area contributed by atoms with Crippen molar-refractivity contribution < 1.29 is 9.21 Å². The summed E-state index contributed by atoms with van der Waals surface area (Å²) in [6.07, 6.45) is 3.08. The molecule has 0 aliphatic carbocycles. The number of rotatable bonds is 6. The van der Waals surface area contributed by atoms with Gasteiger partial charge >= 0.3 is 0 Å². The van der Waals surface area contributed by atoms with Crippen LogP contribution in [-0.4, -0.2) is 25.1 Å². The van der Waals surface area contributed by atoms with Crippen LogP contribution in [0.15, 0.2) is 69.2 Å². The predicted molar refractivity (Wildman–Crippen MR) is 110 cm³/mol. The van der Waals surface area contributed by atoms with Crippen LogP contribution in [0, 0.1) is 0 Å². The number of thioether (sulfide) groups is 1. The highest BCUT2D eigenvalue weighted by atomic mass is 32.2. The lowest BCUT2D eigenvalue weighted by Crippen LogP contribution is -2.22. The van der Waals surface area contributed by atoms with Crippen molar-refractivity contribution in [1.82, 2.24) is 19.2 Å². The topological polar surface area (TPSA) is 94.4 Å². The monoisotopic (exact) mass is 409 g/mol. The molecule has 4 aromatic rings. The number of anilines is 1. The Morgan fingerprint density at radius 1 is 1.24 bits per heavy atom. The van der Waals surface area contributed by atoms with E-state index in [1.807, 2.05) is 38.1 Å². The molecule has 8 nitrogen and oxygen atoms in total. The SMILES string of the molecule is CC(C)n1cnc2nc(CSc3ccc(NC(=O)c4ccco4)cc3)cc(=O)n21. The maximum absolute atomic E-state index is 12.4. The van der Waals surface area contributed by atoms with Crippen LogP contribution >= 0.6 is 11.8 Å². The standard InChI is InChI=1S/C20H19N5O3S/c1-13(2)24-12-21-20-23-15(10-18(26)25(20)24)11-29-16-7-5-14(6-8-16)22-19(27)17-4-3-9-28-17/h3-10,12-13H,11H2,1-2H3,(H,22,27). The van der Waals surface area contributed by atoms with Crippen LogP contribution in [0.2, 0.25) is 0 Å². The van der Waals surface area contributed by atoms with E-state index in [1.165, 1.54) is 10.8 Å². The minimum Gasteiger partial charge on any atom is -0.459 e. The van der Waals surface area contributed by atoms with Gasteiger partial charge < -0.3 is 9.73 Å². The molecule has 0 atom stereocenters. The fourth-order valence-electron chi connectivity index (χ4n) is 2.80. The molecule has 1 N–H and O–H groups in total. The Morgan fingerprint density at radius 2 is 2.03 bits per heavy atom. The van der Waals surface area contributed by atoms with Gasteiger partial charge in [-0.1, -0.05) is 0 Å². The van der Waals surface area contributed by atoms with E-state index >= 15 is 0 Å². The van der Waals surface area contributed by atoms with Crippen LogP contribution in [0.3, 0.4) is 0 Å². The Bertz CT molecular complexity index is 1190. The highest BCUT2D eigenvalue weighted by Gasteiger charge is 2.11. The molecular formula is C20H19N5O3S. The highest BCUT2D eigenvalue weighted by Crippen LogP contribution is 2.23. The van der Waals surface area contributed by atoms with Crippen LogP contribution in [0.1, 0.15) is 36.1 Å². The maximum atomic E-state index is 12.4. The van der Waals surface area contributed by atoms with Crippen molar-refractivity contribution in [3.05, 3.63) is 76.9 Å². The summed E-state index contributed by atoms with van der Waals surface area (Å²) in [5, 5.41) is 2.78. The van der Waals surface area contributed by atoms with Crippen molar-refractivity contribution in [2.24, 2.45) is 0 Å². The third kappa shape index (κ3) is 4.09. The summed E-state index contributed by atoms with van der Waals surface area (Å²) in [4.78, 5) is 34.2. The van der Waals surface area contributed by atoms with Crippen LogP contribution < -0.4 is 10.9 Å². The molecule has 0 aliphatic heterocycles. The number of carbonyl (C=O) groups is 1.